The molecule has 2 aromatic carbocycles. The van der Waals surface area contributed by atoms with Crippen LogP contribution in [0.25, 0.3) is 5.82 Å². The number of ether oxygens (including phenoxy) is 2. The largest absolute Gasteiger partial charge is 0.496 e. The molecule has 1 saturated heterocycles. The van der Waals surface area contributed by atoms with Crippen molar-refractivity contribution < 1.29 is 18.9 Å². The van der Waals surface area contributed by atoms with Gasteiger partial charge in [0, 0.05) is 17.1 Å². The molecule has 202 valence electrons. The number of nitrogens with two attached hydrogens (primary N) is 1. The monoisotopic (exact) mass is 595 g/mol. The zero-order valence-electron chi connectivity index (χ0n) is 21.1. The van der Waals surface area contributed by atoms with Crippen LogP contribution in [0.1, 0.15) is 40.2 Å². The molecule has 0 radical (unpaired) electrons. The zero-order valence-corrected chi connectivity index (χ0v) is 22.7. The molecule has 13 nitrogen and oxygen atoms in total. The highest BCUT2D eigenvalue weighted by Gasteiger charge is 2.27. The number of anilines is 1. The Kier molecular flexibility index (Phi) is 8.13. The van der Waals surface area contributed by atoms with Gasteiger partial charge in [0.15, 0.2) is 5.69 Å². The first-order valence-electron chi connectivity index (χ1n) is 12.2. The number of hydrazone groups is 1. The molecule has 1 aliphatic heterocycles. The molecular formula is C25H26BrN9O4. The van der Waals surface area contributed by atoms with Crippen molar-refractivity contribution in [3.05, 3.63) is 69.5 Å². The molecule has 0 spiro atoms. The summed E-state index contributed by atoms with van der Waals surface area (Å²) in [5.74, 6) is 0.622. The van der Waals surface area contributed by atoms with Crippen molar-refractivity contribution in [3.63, 3.8) is 0 Å². The van der Waals surface area contributed by atoms with E-state index in [0.717, 1.165) is 31.5 Å². The second-order valence-electron chi connectivity index (χ2n) is 8.75. The number of likely N-dealkylation sites (tertiary alicyclic amines) is 1. The third-order valence-corrected chi connectivity index (χ3v) is 6.77. The van der Waals surface area contributed by atoms with E-state index in [1.807, 2.05) is 36.4 Å². The van der Waals surface area contributed by atoms with Gasteiger partial charge >= 0.3 is 0 Å². The van der Waals surface area contributed by atoms with Crippen LogP contribution < -0.4 is 20.6 Å². The first kappa shape index (κ1) is 26.3. The Morgan fingerprint density at radius 1 is 1.23 bits per heavy atom. The molecule has 0 saturated carbocycles. The van der Waals surface area contributed by atoms with E-state index < -0.39 is 5.91 Å². The van der Waals surface area contributed by atoms with E-state index in [1.54, 1.807) is 13.2 Å². The number of nitrogens with zero attached hydrogens (tertiary/aromatic N) is 7. The van der Waals surface area contributed by atoms with E-state index in [0.29, 0.717) is 40.4 Å². The fraction of sp³-hybridized carbons (Fsp3) is 0.280. The van der Waals surface area contributed by atoms with Crippen molar-refractivity contribution in [2.24, 2.45) is 5.10 Å². The topological polar surface area (TPSA) is 159 Å². The van der Waals surface area contributed by atoms with Gasteiger partial charge in [0.05, 0.1) is 18.9 Å². The smallest absolute Gasteiger partial charge is 0.292 e. The maximum absolute atomic E-state index is 13.3. The molecule has 1 aliphatic rings. The van der Waals surface area contributed by atoms with Crippen LogP contribution in [0.2, 0.25) is 0 Å². The Labute approximate surface area is 232 Å². The Hall–Kier alpha value is -4.30. The zero-order chi connectivity index (χ0) is 27.2. The number of hydrogen-bond donors (Lipinski definition) is 2. The lowest BCUT2D eigenvalue weighted by molar-refractivity contribution is 0.0945. The molecule has 0 aliphatic carbocycles. The Bertz CT molecular complexity index is 1470. The average molecular weight is 596 g/mol. The summed E-state index contributed by atoms with van der Waals surface area (Å²) >= 11 is 3.54. The first-order chi connectivity index (χ1) is 19.0. The molecule has 4 aromatic rings. The summed E-state index contributed by atoms with van der Waals surface area (Å²) in [6.45, 7) is 2.69. The highest BCUT2D eigenvalue weighted by molar-refractivity contribution is 9.10. The molecule has 3 N–H and O–H groups in total. The van der Waals surface area contributed by atoms with Gasteiger partial charge in [0.1, 0.15) is 23.8 Å². The number of carbonyl (C=O) groups is 1. The number of nitrogen functional groups attached to an aromatic ring is 1. The minimum absolute atomic E-state index is 0.0200. The van der Waals surface area contributed by atoms with Gasteiger partial charge in [-0.1, -0.05) is 35.5 Å². The van der Waals surface area contributed by atoms with Crippen molar-refractivity contribution in [1.29, 1.82) is 0 Å². The van der Waals surface area contributed by atoms with Gasteiger partial charge in [0.25, 0.3) is 5.91 Å². The van der Waals surface area contributed by atoms with E-state index in [4.69, 9.17) is 19.8 Å². The first-order valence-corrected chi connectivity index (χ1v) is 13.0. The van der Waals surface area contributed by atoms with Crippen LogP contribution in [0.4, 0.5) is 5.82 Å². The van der Waals surface area contributed by atoms with Gasteiger partial charge in [-0.05, 0) is 63.8 Å². The molecule has 0 bridgehead atoms. The average Bonchev–Trinajstić information content (AvgIpc) is 3.70. The van der Waals surface area contributed by atoms with Crippen molar-refractivity contribution in [2.75, 3.05) is 25.9 Å². The van der Waals surface area contributed by atoms with Gasteiger partial charge in [0.2, 0.25) is 11.6 Å². The number of benzene rings is 2. The molecule has 0 atom stereocenters. The highest BCUT2D eigenvalue weighted by Crippen LogP contribution is 2.31. The number of halogens is 1. The minimum atomic E-state index is -0.550. The second-order valence-corrected chi connectivity index (χ2v) is 9.60. The number of methoxy groups -OCH3 is 1. The molecule has 1 fully saturated rings. The van der Waals surface area contributed by atoms with Crippen LogP contribution in [0.5, 0.6) is 11.5 Å². The van der Waals surface area contributed by atoms with E-state index in [1.165, 1.54) is 10.9 Å². The molecule has 39 heavy (non-hydrogen) atoms. The molecule has 5 rings (SSSR count). The van der Waals surface area contributed by atoms with Crippen LogP contribution in [0.3, 0.4) is 0 Å². The molecular weight excluding hydrogens is 570 g/mol. The number of carbonyl (C=O) groups excluding carboxylic acids is 1. The van der Waals surface area contributed by atoms with Gasteiger partial charge in [-0.15, -0.1) is 5.10 Å². The van der Waals surface area contributed by atoms with Crippen LogP contribution in [-0.4, -0.2) is 62.5 Å². The number of hydrogen-bond acceptors (Lipinski definition) is 11. The predicted molar refractivity (Wildman–Crippen MR) is 145 cm³/mol. The van der Waals surface area contributed by atoms with Gasteiger partial charge in [-0.3, -0.25) is 9.69 Å². The normalized spacial score (nSPS) is 13.7. The molecule has 0 unspecified atom stereocenters. The highest BCUT2D eigenvalue weighted by atomic mass is 79.9. The maximum Gasteiger partial charge on any atom is 0.292 e. The Morgan fingerprint density at radius 2 is 2.03 bits per heavy atom. The Morgan fingerprint density at radius 3 is 2.74 bits per heavy atom. The summed E-state index contributed by atoms with van der Waals surface area (Å²) in [4.78, 5) is 15.5. The summed E-state index contributed by atoms with van der Waals surface area (Å²) in [5, 5.41) is 19.8. The van der Waals surface area contributed by atoms with Crippen molar-refractivity contribution in [2.45, 2.75) is 26.0 Å². The Balaban J connectivity index is 1.34. The molecule has 14 heteroatoms. The van der Waals surface area contributed by atoms with E-state index >= 15 is 0 Å². The minimum Gasteiger partial charge on any atom is -0.496 e. The quantitative estimate of drug-likeness (QED) is 0.206. The van der Waals surface area contributed by atoms with Crippen molar-refractivity contribution >= 4 is 33.9 Å². The number of nitrogens with one attached hydrogen (secondary N) is 1. The van der Waals surface area contributed by atoms with Crippen molar-refractivity contribution in [1.82, 2.24) is 35.6 Å². The van der Waals surface area contributed by atoms with E-state index in [-0.39, 0.29) is 17.3 Å². The van der Waals surface area contributed by atoms with Gasteiger partial charge < -0.3 is 15.2 Å². The standard InChI is InChI=1S/C25H26BrN9O4/c1-37-21-12-17(38-15-16-7-3-2-4-8-16)11-19(26)18(21)13-28-30-25(36)22-20(14-34-9-5-6-10-34)29-33-35(22)24-23(27)31-39-32-24/h2-4,7-8,11-13H,5-6,9-10,14-15H2,1H3,(H2,27,31)(H,30,36). The number of amides is 1. The lowest BCUT2D eigenvalue weighted by Crippen LogP contribution is -2.26. The van der Waals surface area contributed by atoms with Gasteiger partial charge in [-0.2, -0.15) is 9.78 Å². The SMILES string of the molecule is COc1cc(OCc2ccccc2)cc(Br)c1C=NNC(=O)c1c(CN2CCCC2)nnn1-c1nonc1N. The summed E-state index contributed by atoms with van der Waals surface area (Å²) in [6, 6.07) is 13.4. The third-order valence-electron chi connectivity index (χ3n) is 6.12. The summed E-state index contributed by atoms with van der Waals surface area (Å²) < 4.78 is 18.0. The number of aromatic nitrogens is 5. The lowest BCUT2D eigenvalue weighted by atomic mass is 10.2. The predicted octanol–water partition coefficient (Wildman–Crippen LogP) is 2.94. The maximum atomic E-state index is 13.3. The number of rotatable bonds is 10. The lowest BCUT2D eigenvalue weighted by Gasteiger charge is -2.13. The second kappa shape index (κ2) is 12.0. The van der Waals surface area contributed by atoms with Crippen LogP contribution in [0.15, 0.2) is 56.7 Å². The van der Waals surface area contributed by atoms with E-state index in [2.05, 4.69) is 52.0 Å². The third kappa shape index (κ3) is 6.07. The van der Waals surface area contributed by atoms with Crippen molar-refractivity contribution in [3.8, 4) is 17.3 Å². The van der Waals surface area contributed by atoms with Crippen LogP contribution in [-0.2, 0) is 13.2 Å². The molecule has 1 amide bonds. The summed E-state index contributed by atoms with van der Waals surface area (Å²) in [5.41, 5.74) is 10.6. The van der Waals surface area contributed by atoms with Crippen LogP contribution in [0, 0.1) is 0 Å². The van der Waals surface area contributed by atoms with Gasteiger partial charge in [-0.25, -0.2) is 10.1 Å². The molecule has 3 heterocycles. The summed E-state index contributed by atoms with van der Waals surface area (Å²) in [7, 11) is 1.55. The fourth-order valence-corrected chi connectivity index (χ4v) is 4.70. The fourth-order valence-electron chi connectivity index (χ4n) is 4.18. The summed E-state index contributed by atoms with van der Waals surface area (Å²) in [6.07, 6.45) is 3.65. The van der Waals surface area contributed by atoms with E-state index in [9.17, 15) is 4.79 Å². The molecule has 2 aromatic heterocycles. The van der Waals surface area contributed by atoms with Crippen LogP contribution >= 0.6 is 15.9 Å².